The van der Waals surface area contributed by atoms with Gasteiger partial charge >= 0.3 is 0 Å². The van der Waals surface area contributed by atoms with E-state index in [9.17, 15) is 0 Å². The Balaban J connectivity index is 1.94. The number of hydrogen-bond acceptors (Lipinski definition) is 3. The van der Waals surface area contributed by atoms with Gasteiger partial charge in [0.2, 0.25) is 5.28 Å². The molecule has 0 unspecified atom stereocenters. The molecule has 0 saturated carbocycles. The number of halogens is 1. The molecule has 1 N–H and O–H groups in total. The highest BCUT2D eigenvalue weighted by Crippen LogP contribution is 2.17. The van der Waals surface area contributed by atoms with Gasteiger partial charge in [-0.05, 0) is 17.7 Å². The molecule has 0 amide bonds. The van der Waals surface area contributed by atoms with Crippen molar-refractivity contribution in [3.8, 4) is 5.75 Å². The summed E-state index contributed by atoms with van der Waals surface area (Å²) >= 11 is 5.88. The fourth-order valence-corrected chi connectivity index (χ4v) is 1.92. The van der Waals surface area contributed by atoms with Gasteiger partial charge in [0.1, 0.15) is 5.75 Å². The number of hydrogen-bond donors (Lipinski definition) is 1. The van der Waals surface area contributed by atoms with E-state index >= 15 is 0 Å². The molecule has 1 aromatic heterocycles. The Morgan fingerprint density at radius 1 is 1.33 bits per heavy atom. The highest BCUT2D eigenvalue weighted by molar-refractivity contribution is 6.28. The zero-order valence-electron chi connectivity index (χ0n) is 10.5. The molecule has 2 rings (SSSR count). The van der Waals surface area contributed by atoms with E-state index in [0.29, 0.717) is 11.8 Å². The lowest BCUT2D eigenvalue weighted by atomic mass is 10.2. The first-order valence-electron chi connectivity index (χ1n) is 5.71. The third-order valence-corrected chi connectivity index (χ3v) is 3.19. The summed E-state index contributed by atoms with van der Waals surface area (Å²) in [5, 5.41) is 3.85. The normalized spacial score (nSPS) is 10.6. The van der Waals surface area contributed by atoms with E-state index in [0.717, 1.165) is 23.6 Å². The summed E-state index contributed by atoms with van der Waals surface area (Å²) in [6.07, 6.45) is 1.78. The van der Waals surface area contributed by atoms with Crippen LogP contribution in [-0.2, 0) is 20.1 Å². The number of methoxy groups -OCH3 is 1. The molecule has 18 heavy (non-hydrogen) atoms. The Morgan fingerprint density at radius 2 is 2.11 bits per heavy atom. The quantitative estimate of drug-likeness (QED) is 0.902. The second-order valence-electron chi connectivity index (χ2n) is 3.99. The molecule has 2 aromatic rings. The lowest BCUT2D eigenvalue weighted by Crippen LogP contribution is -2.15. The van der Waals surface area contributed by atoms with E-state index < -0.39 is 0 Å². The van der Waals surface area contributed by atoms with Crippen molar-refractivity contribution in [2.45, 2.75) is 13.1 Å². The van der Waals surface area contributed by atoms with Gasteiger partial charge in [-0.15, -0.1) is 0 Å². The monoisotopic (exact) mass is 265 g/mol. The zero-order valence-corrected chi connectivity index (χ0v) is 11.2. The first-order chi connectivity index (χ1) is 8.72. The molecule has 0 aliphatic heterocycles. The topological polar surface area (TPSA) is 39.1 Å². The van der Waals surface area contributed by atoms with Crippen LogP contribution < -0.4 is 10.1 Å². The first-order valence-corrected chi connectivity index (χ1v) is 6.09. The second kappa shape index (κ2) is 5.89. The Hall–Kier alpha value is -1.52. The summed E-state index contributed by atoms with van der Waals surface area (Å²) in [6.45, 7) is 1.46. The van der Waals surface area contributed by atoms with Crippen molar-refractivity contribution in [1.29, 1.82) is 0 Å². The van der Waals surface area contributed by atoms with Gasteiger partial charge < -0.3 is 14.6 Å². The van der Waals surface area contributed by atoms with E-state index in [4.69, 9.17) is 16.3 Å². The number of rotatable bonds is 5. The largest absolute Gasteiger partial charge is 0.496 e. The minimum Gasteiger partial charge on any atom is -0.496 e. The molecule has 0 radical (unpaired) electrons. The van der Waals surface area contributed by atoms with Gasteiger partial charge in [-0.3, -0.25) is 0 Å². The minimum atomic E-state index is 0.504. The Kier molecular flexibility index (Phi) is 4.23. The summed E-state index contributed by atoms with van der Waals surface area (Å²) in [4.78, 5) is 4.04. The van der Waals surface area contributed by atoms with E-state index in [-0.39, 0.29) is 0 Å². The fraction of sp³-hybridized carbons (Fsp3) is 0.308. The van der Waals surface area contributed by atoms with Crippen molar-refractivity contribution in [2.75, 3.05) is 7.11 Å². The molecule has 0 fully saturated rings. The van der Waals surface area contributed by atoms with Gasteiger partial charge in [0.15, 0.2) is 0 Å². The maximum Gasteiger partial charge on any atom is 0.202 e. The molecule has 0 aliphatic carbocycles. The van der Waals surface area contributed by atoms with E-state index in [2.05, 4.69) is 10.3 Å². The number of benzene rings is 1. The summed E-state index contributed by atoms with van der Waals surface area (Å²) in [5.41, 5.74) is 2.18. The Morgan fingerprint density at radius 3 is 2.78 bits per heavy atom. The van der Waals surface area contributed by atoms with Crippen LogP contribution in [0.3, 0.4) is 0 Å². The number of aromatic nitrogens is 2. The van der Waals surface area contributed by atoms with Crippen molar-refractivity contribution in [2.24, 2.45) is 7.05 Å². The molecule has 0 atom stereocenters. The zero-order chi connectivity index (χ0) is 13.0. The molecule has 0 aliphatic rings. The van der Waals surface area contributed by atoms with Crippen LogP contribution in [0.2, 0.25) is 5.28 Å². The number of nitrogens with zero attached hydrogens (tertiary/aromatic N) is 2. The predicted octanol–water partition coefficient (Wildman–Crippen LogP) is 2.37. The van der Waals surface area contributed by atoms with Crippen LogP contribution in [0.15, 0.2) is 30.5 Å². The number of ether oxygens (including phenoxy) is 1. The molecule has 0 saturated heterocycles. The van der Waals surface area contributed by atoms with Crippen LogP contribution in [0.4, 0.5) is 0 Å². The summed E-state index contributed by atoms with van der Waals surface area (Å²) in [7, 11) is 3.58. The van der Waals surface area contributed by atoms with Gasteiger partial charge in [0.05, 0.1) is 19.0 Å². The van der Waals surface area contributed by atoms with Crippen LogP contribution in [-0.4, -0.2) is 16.7 Å². The van der Waals surface area contributed by atoms with Gasteiger partial charge in [-0.25, -0.2) is 4.98 Å². The fourth-order valence-electron chi connectivity index (χ4n) is 1.76. The van der Waals surface area contributed by atoms with Gasteiger partial charge in [0, 0.05) is 25.7 Å². The van der Waals surface area contributed by atoms with E-state index in [1.165, 1.54) is 0 Å². The van der Waals surface area contributed by atoms with Gasteiger partial charge in [-0.1, -0.05) is 18.2 Å². The lowest BCUT2D eigenvalue weighted by Gasteiger charge is -2.09. The van der Waals surface area contributed by atoms with Crippen molar-refractivity contribution < 1.29 is 4.74 Å². The molecule has 0 spiro atoms. The molecule has 1 heterocycles. The highest BCUT2D eigenvalue weighted by atomic mass is 35.5. The van der Waals surface area contributed by atoms with Gasteiger partial charge in [0.25, 0.3) is 0 Å². The van der Waals surface area contributed by atoms with Crippen LogP contribution >= 0.6 is 11.6 Å². The van der Waals surface area contributed by atoms with Crippen molar-refractivity contribution in [3.63, 3.8) is 0 Å². The van der Waals surface area contributed by atoms with Crippen molar-refractivity contribution in [3.05, 3.63) is 47.0 Å². The molecule has 4 nitrogen and oxygen atoms in total. The Bertz CT molecular complexity index is 525. The Labute approximate surface area is 112 Å². The highest BCUT2D eigenvalue weighted by Gasteiger charge is 2.04. The third-order valence-electron chi connectivity index (χ3n) is 2.84. The molecule has 96 valence electrons. The summed E-state index contributed by atoms with van der Waals surface area (Å²) < 4.78 is 7.16. The smallest absolute Gasteiger partial charge is 0.202 e. The number of para-hydroxylation sites is 1. The average molecular weight is 266 g/mol. The summed E-state index contributed by atoms with van der Waals surface area (Å²) in [6, 6.07) is 7.96. The van der Waals surface area contributed by atoms with Crippen LogP contribution in [0.1, 0.15) is 11.3 Å². The number of imidazole rings is 1. The lowest BCUT2D eigenvalue weighted by molar-refractivity contribution is 0.407. The molecule has 0 bridgehead atoms. The molecular weight excluding hydrogens is 250 g/mol. The standard InChI is InChI=1S/C13H16ClN3O/c1-17-11(9-16-13(17)14)8-15-7-10-5-3-4-6-12(10)18-2/h3-6,9,15H,7-8H2,1-2H3. The first kappa shape index (κ1) is 12.9. The SMILES string of the molecule is COc1ccccc1CNCc1cnc(Cl)n1C. The van der Waals surface area contributed by atoms with E-state index in [1.54, 1.807) is 13.3 Å². The van der Waals surface area contributed by atoms with Crippen LogP contribution in [0, 0.1) is 0 Å². The third kappa shape index (κ3) is 2.83. The number of nitrogens with one attached hydrogen (secondary N) is 1. The second-order valence-corrected chi connectivity index (χ2v) is 4.33. The predicted molar refractivity (Wildman–Crippen MR) is 71.8 cm³/mol. The average Bonchev–Trinajstić information content (AvgIpc) is 2.71. The van der Waals surface area contributed by atoms with Gasteiger partial charge in [-0.2, -0.15) is 0 Å². The maximum atomic E-state index is 5.88. The van der Waals surface area contributed by atoms with Crippen LogP contribution in [0.25, 0.3) is 0 Å². The molecule has 5 heteroatoms. The maximum absolute atomic E-state index is 5.88. The van der Waals surface area contributed by atoms with E-state index in [1.807, 2.05) is 35.9 Å². The minimum absolute atomic E-state index is 0.504. The van der Waals surface area contributed by atoms with Crippen LogP contribution in [0.5, 0.6) is 5.75 Å². The molecular formula is C13H16ClN3O. The van der Waals surface area contributed by atoms with Crippen molar-refractivity contribution in [1.82, 2.24) is 14.9 Å². The summed E-state index contributed by atoms with van der Waals surface area (Å²) in [5.74, 6) is 0.896. The molecule has 1 aromatic carbocycles. The van der Waals surface area contributed by atoms with Crippen molar-refractivity contribution >= 4 is 11.6 Å².